The van der Waals surface area contributed by atoms with Crippen LogP contribution in [0, 0.1) is 0 Å². The smallest absolute Gasteiger partial charge is 0.176 e. The molecule has 1 aromatic carbocycles. The van der Waals surface area contributed by atoms with Crippen LogP contribution in [-0.4, -0.2) is 10.4 Å². The molecular formula is C10H11N3O2. The Morgan fingerprint density at radius 3 is 2.87 bits per heavy atom. The molecule has 0 bridgehead atoms. The molecule has 0 aromatic heterocycles. The Morgan fingerprint density at radius 1 is 1.47 bits per heavy atom. The largest absolute Gasteiger partial charge is 0.380 e. The van der Waals surface area contributed by atoms with Gasteiger partial charge in [-0.15, -0.1) is 4.94 Å². The number of hydrogen-bond acceptors (Lipinski definition) is 5. The fourth-order valence-electron chi connectivity index (χ4n) is 1.23. The molecule has 0 aliphatic carbocycles. The lowest BCUT2D eigenvalue weighted by Crippen LogP contribution is -2.22. The number of anilines is 1. The highest BCUT2D eigenvalue weighted by Crippen LogP contribution is 2.22. The Balaban J connectivity index is 2.27. The standard InChI is InChI=1S/C10H11N3O2/c1-2-8-4-3-5-9(6-8)12-7-10(11)13(14)15-12/h2-7,14H,1,11H2. The van der Waals surface area contributed by atoms with Crippen molar-refractivity contribution in [2.75, 3.05) is 5.06 Å². The molecule has 0 unspecified atom stereocenters. The summed E-state index contributed by atoms with van der Waals surface area (Å²) in [4.78, 5) is 4.93. The SMILES string of the molecule is C=Cc1cccc(N2C=C(N)N(O)O2)c1. The zero-order valence-electron chi connectivity index (χ0n) is 8.00. The molecule has 0 radical (unpaired) electrons. The van der Waals surface area contributed by atoms with Crippen molar-refractivity contribution in [1.29, 1.82) is 0 Å². The molecule has 1 heterocycles. The van der Waals surface area contributed by atoms with Crippen LogP contribution in [0.4, 0.5) is 5.69 Å². The molecule has 2 rings (SSSR count). The molecule has 15 heavy (non-hydrogen) atoms. The highest BCUT2D eigenvalue weighted by Gasteiger charge is 2.19. The van der Waals surface area contributed by atoms with Gasteiger partial charge in [-0.3, -0.25) is 5.21 Å². The predicted molar refractivity (Wildman–Crippen MR) is 56.0 cm³/mol. The lowest BCUT2D eigenvalue weighted by molar-refractivity contribution is -0.304. The first-order valence-corrected chi connectivity index (χ1v) is 4.37. The molecule has 1 aliphatic rings. The first-order valence-electron chi connectivity index (χ1n) is 4.37. The quantitative estimate of drug-likeness (QED) is 0.765. The summed E-state index contributed by atoms with van der Waals surface area (Å²) < 4.78 is 0. The Labute approximate surface area is 87.1 Å². The molecule has 1 aromatic rings. The van der Waals surface area contributed by atoms with Crippen molar-refractivity contribution in [2.24, 2.45) is 5.73 Å². The zero-order valence-corrected chi connectivity index (χ0v) is 8.00. The molecule has 3 N–H and O–H groups in total. The number of nitrogens with two attached hydrogens (primary N) is 1. The summed E-state index contributed by atoms with van der Waals surface area (Å²) in [5.41, 5.74) is 7.14. The molecule has 0 atom stereocenters. The van der Waals surface area contributed by atoms with Gasteiger partial charge in [0.15, 0.2) is 5.82 Å². The predicted octanol–water partition coefficient (Wildman–Crippen LogP) is 1.45. The molecule has 5 heteroatoms. The van der Waals surface area contributed by atoms with Gasteiger partial charge in [0.05, 0.1) is 11.9 Å². The van der Waals surface area contributed by atoms with Crippen LogP contribution >= 0.6 is 0 Å². The lowest BCUT2D eigenvalue weighted by Gasteiger charge is -2.15. The highest BCUT2D eigenvalue weighted by molar-refractivity contribution is 5.57. The van der Waals surface area contributed by atoms with Crippen molar-refractivity contribution in [2.45, 2.75) is 0 Å². The second-order valence-electron chi connectivity index (χ2n) is 3.03. The summed E-state index contributed by atoms with van der Waals surface area (Å²) >= 11 is 0. The fourth-order valence-corrected chi connectivity index (χ4v) is 1.23. The van der Waals surface area contributed by atoms with Crippen LogP contribution in [0.15, 0.2) is 42.9 Å². The molecule has 0 amide bonds. The van der Waals surface area contributed by atoms with Crippen molar-refractivity contribution >= 4 is 11.8 Å². The van der Waals surface area contributed by atoms with Gasteiger partial charge in [-0.1, -0.05) is 30.0 Å². The third-order valence-electron chi connectivity index (χ3n) is 2.00. The van der Waals surface area contributed by atoms with Gasteiger partial charge in [0.2, 0.25) is 0 Å². The molecule has 1 aliphatic heterocycles. The first kappa shape index (κ1) is 9.57. The van der Waals surface area contributed by atoms with Crippen LogP contribution < -0.4 is 10.8 Å². The van der Waals surface area contributed by atoms with E-state index >= 15 is 0 Å². The average Bonchev–Trinajstić information content (AvgIpc) is 2.59. The molecular weight excluding hydrogens is 194 g/mol. The van der Waals surface area contributed by atoms with Crippen LogP contribution in [0.25, 0.3) is 6.08 Å². The van der Waals surface area contributed by atoms with Gasteiger partial charge in [-0.2, -0.15) is 5.06 Å². The molecule has 0 fully saturated rings. The van der Waals surface area contributed by atoms with Gasteiger partial charge in [0.1, 0.15) is 0 Å². The van der Waals surface area contributed by atoms with E-state index in [1.807, 2.05) is 24.3 Å². The molecule has 0 spiro atoms. The summed E-state index contributed by atoms with van der Waals surface area (Å²) in [6, 6.07) is 7.46. The van der Waals surface area contributed by atoms with Crippen LogP contribution in [0.2, 0.25) is 0 Å². The summed E-state index contributed by atoms with van der Waals surface area (Å²) in [5.74, 6) is 0.124. The Morgan fingerprint density at radius 2 is 2.27 bits per heavy atom. The zero-order chi connectivity index (χ0) is 10.8. The van der Waals surface area contributed by atoms with Crippen molar-refractivity contribution in [3.8, 4) is 0 Å². The Hall–Kier alpha value is -1.98. The number of hydrogen-bond donors (Lipinski definition) is 2. The van der Waals surface area contributed by atoms with Gasteiger partial charge in [-0.25, -0.2) is 0 Å². The van der Waals surface area contributed by atoms with Gasteiger partial charge in [-0.05, 0) is 17.7 Å². The first-order chi connectivity index (χ1) is 7.20. The van der Waals surface area contributed by atoms with Crippen LogP contribution in [0.5, 0.6) is 0 Å². The second-order valence-corrected chi connectivity index (χ2v) is 3.03. The van der Waals surface area contributed by atoms with E-state index in [1.165, 1.54) is 11.3 Å². The van der Waals surface area contributed by atoms with Crippen LogP contribution in [0.1, 0.15) is 5.56 Å². The summed E-state index contributed by atoms with van der Waals surface area (Å²) in [7, 11) is 0. The normalized spacial score (nSPS) is 15.4. The Kier molecular flexibility index (Phi) is 2.32. The number of benzene rings is 1. The van der Waals surface area contributed by atoms with Crippen molar-refractivity contribution in [3.63, 3.8) is 0 Å². The number of rotatable bonds is 2. The monoisotopic (exact) mass is 205 g/mol. The van der Waals surface area contributed by atoms with Crippen molar-refractivity contribution in [3.05, 3.63) is 48.4 Å². The topological polar surface area (TPSA) is 62.0 Å². The third kappa shape index (κ3) is 1.78. The summed E-state index contributed by atoms with van der Waals surface area (Å²) in [6.45, 7) is 3.67. The number of hydroxylamine groups is 3. The van der Waals surface area contributed by atoms with E-state index in [0.29, 0.717) is 5.23 Å². The number of nitrogens with zero attached hydrogens (tertiary/aromatic N) is 2. The molecule has 0 saturated heterocycles. The maximum Gasteiger partial charge on any atom is 0.176 e. The third-order valence-corrected chi connectivity index (χ3v) is 2.00. The maximum atomic E-state index is 9.11. The van der Waals surface area contributed by atoms with E-state index in [-0.39, 0.29) is 5.82 Å². The fraction of sp³-hybridized carbons (Fsp3) is 0. The van der Waals surface area contributed by atoms with Gasteiger partial charge < -0.3 is 5.73 Å². The second kappa shape index (κ2) is 3.64. The summed E-state index contributed by atoms with van der Waals surface area (Å²) in [6.07, 6.45) is 3.20. The lowest BCUT2D eigenvalue weighted by atomic mass is 10.2. The van der Waals surface area contributed by atoms with Crippen molar-refractivity contribution in [1.82, 2.24) is 5.23 Å². The summed E-state index contributed by atoms with van der Waals surface area (Å²) in [5, 5.41) is 11.0. The van der Waals surface area contributed by atoms with Crippen LogP contribution in [0.3, 0.4) is 0 Å². The van der Waals surface area contributed by atoms with Gasteiger partial charge in [0.25, 0.3) is 0 Å². The minimum Gasteiger partial charge on any atom is -0.380 e. The van der Waals surface area contributed by atoms with E-state index in [4.69, 9.17) is 15.9 Å². The molecule has 5 nitrogen and oxygen atoms in total. The minimum absolute atomic E-state index is 0.124. The average molecular weight is 205 g/mol. The van der Waals surface area contributed by atoms with E-state index in [2.05, 4.69) is 6.58 Å². The van der Waals surface area contributed by atoms with E-state index in [0.717, 1.165) is 11.3 Å². The molecule has 0 saturated carbocycles. The Bertz CT molecular complexity index is 417. The van der Waals surface area contributed by atoms with Crippen LogP contribution in [-0.2, 0) is 4.94 Å². The molecule has 78 valence electrons. The van der Waals surface area contributed by atoms with E-state index in [9.17, 15) is 0 Å². The van der Waals surface area contributed by atoms with Gasteiger partial charge >= 0.3 is 0 Å². The minimum atomic E-state index is 0.124. The highest BCUT2D eigenvalue weighted by atomic mass is 17.0. The maximum absolute atomic E-state index is 9.11. The van der Waals surface area contributed by atoms with E-state index in [1.54, 1.807) is 6.08 Å². The van der Waals surface area contributed by atoms with Crippen molar-refractivity contribution < 1.29 is 10.1 Å². The van der Waals surface area contributed by atoms with E-state index < -0.39 is 0 Å². The van der Waals surface area contributed by atoms with Gasteiger partial charge in [0, 0.05) is 0 Å².